The quantitative estimate of drug-likeness (QED) is 0.496. The highest BCUT2D eigenvalue weighted by Gasteiger charge is 2.27. The van der Waals surface area contributed by atoms with Gasteiger partial charge in [0.2, 0.25) is 0 Å². The number of pyridine rings is 1. The maximum Gasteiger partial charge on any atom is 0.119 e. The van der Waals surface area contributed by atoms with Gasteiger partial charge in [-0.3, -0.25) is 4.98 Å². The minimum atomic E-state index is -0.624. The number of nitrogens with zero attached hydrogens (tertiary/aromatic N) is 1. The standard InChI is InChI=1S/C26H34N2O2/c1-25(2,3)18-26(4,5)20-10-12-22(13-11-20)30-17-21(29)15-28-24-16-27-14-19-8-6-7-9-23(19)24/h6-14,16,21,28-29H,15,17-18H2,1-5H3. The largest absolute Gasteiger partial charge is 0.491 e. The second-order valence-electron chi connectivity index (χ2n) is 9.90. The molecule has 0 aliphatic carbocycles. The Balaban J connectivity index is 1.53. The predicted molar refractivity (Wildman–Crippen MR) is 125 cm³/mol. The Kier molecular flexibility index (Phi) is 6.67. The number of aromatic nitrogens is 1. The van der Waals surface area contributed by atoms with Crippen LogP contribution in [0.3, 0.4) is 0 Å². The summed E-state index contributed by atoms with van der Waals surface area (Å²) in [6, 6.07) is 16.3. The fourth-order valence-electron chi connectivity index (χ4n) is 4.17. The Hall–Kier alpha value is -2.59. The molecule has 0 aliphatic heterocycles. The lowest BCUT2D eigenvalue weighted by Crippen LogP contribution is -2.26. The summed E-state index contributed by atoms with van der Waals surface area (Å²) in [6.45, 7) is 12.0. The minimum Gasteiger partial charge on any atom is -0.491 e. The van der Waals surface area contributed by atoms with Gasteiger partial charge in [-0.25, -0.2) is 0 Å². The summed E-state index contributed by atoms with van der Waals surface area (Å²) < 4.78 is 5.81. The molecule has 0 fully saturated rings. The molecule has 0 amide bonds. The van der Waals surface area contributed by atoms with Crippen molar-refractivity contribution < 1.29 is 9.84 Å². The van der Waals surface area contributed by atoms with E-state index in [4.69, 9.17) is 4.74 Å². The van der Waals surface area contributed by atoms with Crippen molar-refractivity contribution in [1.82, 2.24) is 4.98 Å². The number of benzene rings is 2. The van der Waals surface area contributed by atoms with Crippen molar-refractivity contribution in [1.29, 1.82) is 0 Å². The molecule has 3 rings (SSSR count). The summed E-state index contributed by atoms with van der Waals surface area (Å²) in [7, 11) is 0. The first kappa shape index (κ1) is 22.1. The molecule has 2 N–H and O–H groups in total. The van der Waals surface area contributed by atoms with Crippen LogP contribution in [-0.2, 0) is 5.41 Å². The fourth-order valence-corrected chi connectivity index (χ4v) is 4.17. The molecule has 160 valence electrons. The zero-order valence-electron chi connectivity index (χ0n) is 18.8. The molecule has 4 heteroatoms. The topological polar surface area (TPSA) is 54.4 Å². The fraction of sp³-hybridized carbons (Fsp3) is 0.423. The number of rotatable bonds is 8. The van der Waals surface area contributed by atoms with Gasteiger partial charge in [0.05, 0.1) is 11.9 Å². The Labute approximate surface area is 180 Å². The second kappa shape index (κ2) is 9.05. The summed E-state index contributed by atoms with van der Waals surface area (Å²) in [5.41, 5.74) is 2.59. The van der Waals surface area contributed by atoms with Crippen LogP contribution in [0.4, 0.5) is 5.69 Å². The predicted octanol–water partition coefficient (Wildman–Crippen LogP) is 5.80. The lowest BCUT2D eigenvalue weighted by Gasteiger charge is -2.33. The Morgan fingerprint density at radius 2 is 1.67 bits per heavy atom. The first-order valence-electron chi connectivity index (χ1n) is 10.6. The minimum absolute atomic E-state index is 0.104. The number of anilines is 1. The van der Waals surface area contributed by atoms with Crippen LogP contribution in [-0.4, -0.2) is 29.3 Å². The maximum absolute atomic E-state index is 10.3. The second-order valence-corrected chi connectivity index (χ2v) is 9.90. The molecule has 1 aromatic heterocycles. The molecular formula is C26H34N2O2. The van der Waals surface area contributed by atoms with E-state index in [0.717, 1.165) is 28.6 Å². The van der Waals surface area contributed by atoms with Crippen molar-refractivity contribution >= 4 is 16.5 Å². The van der Waals surface area contributed by atoms with Crippen LogP contribution in [0.15, 0.2) is 60.9 Å². The lowest BCUT2D eigenvalue weighted by atomic mass is 9.72. The van der Waals surface area contributed by atoms with Crippen LogP contribution in [0, 0.1) is 5.41 Å². The molecule has 30 heavy (non-hydrogen) atoms. The molecule has 1 heterocycles. The van der Waals surface area contributed by atoms with Crippen LogP contribution in [0.2, 0.25) is 0 Å². The van der Waals surface area contributed by atoms with Crippen LogP contribution in [0.5, 0.6) is 5.75 Å². The molecule has 0 spiro atoms. The zero-order valence-corrected chi connectivity index (χ0v) is 18.8. The molecule has 2 aromatic carbocycles. The molecule has 0 saturated heterocycles. The zero-order chi connectivity index (χ0) is 21.8. The van der Waals surface area contributed by atoms with Crippen molar-refractivity contribution in [2.75, 3.05) is 18.5 Å². The van der Waals surface area contributed by atoms with Gasteiger partial charge in [-0.1, -0.05) is 71.0 Å². The first-order chi connectivity index (χ1) is 14.1. The molecule has 3 aromatic rings. The van der Waals surface area contributed by atoms with Crippen LogP contribution < -0.4 is 10.1 Å². The highest BCUT2D eigenvalue weighted by atomic mass is 16.5. The summed E-state index contributed by atoms with van der Waals surface area (Å²) in [6.07, 6.45) is 4.11. The number of fused-ring (bicyclic) bond motifs is 1. The van der Waals surface area contributed by atoms with E-state index in [1.807, 2.05) is 42.6 Å². The molecule has 0 aliphatic rings. The van der Waals surface area contributed by atoms with Crippen molar-refractivity contribution in [2.45, 2.75) is 52.6 Å². The van der Waals surface area contributed by atoms with E-state index in [2.05, 4.69) is 57.1 Å². The van der Waals surface area contributed by atoms with Crippen molar-refractivity contribution in [2.24, 2.45) is 5.41 Å². The third-order valence-corrected chi connectivity index (χ3v) is 5.25. The average molecular weight is 407 g/mol. The highest BCUT2D eigenvalue weighted by Crippen LogP contribution is 2.36. The number of aliphatic hydroxyl groups excluding tert-OH is 1. The van der Waals surface area contributed by atoms with Crippen LogP contribution in [0.25, 0.3) is 10.8 Å². The van der Waals surface area contributed by atoms with Gasteiger partial charge in [0.15, 0.2) is 0 Å². The molecule has 0 bridgehead atoms. The van der Waals surface area contributed by atoms with Gasteiger partial charge in [-0.2, -0.15) is 0 Å². The van der Waals surface area contributed by atoms with E-state index in [9.17, 15) is 5.11 Å². The Morgan fingerprint density at radius 3 is 2.37 bits per heavy atom. The van der Waals surface area contributed by atoms with E-state index in [-0.39, 0.29) is 17.4 Å². The van der Waals surface area contributed by atoms with E-state index in [1.54, 1.807) is 6.20 Å². The number of hydrogen-bond acceptors (Lipinski definition) is 4. The Morgan fingerprint density at radius 1 is 0.967 bits per heavy atom. The molecular weight excluding hydrogens is 372 g/mol. The summed E-state index contributed by atoms with van der Waals surface area (Å²) >= 11 is 0. The number of nitrogens with one attached hydrogen (secondary N) is 1. The van der Waals surface area contributed by atoms with Gasteiger partial charge in [0, 0.05) is 23.5 Å². The normalized spacial score (nSPS) is 13.3. The van der Waals surface area contributed by atoms with Crippen LogP contribution >= 0.6 is 0 Å². The molecule has 0 saturated carbocycles. The van der Waals surface area contributed by atoms with E-state index in [1.165, 1.54) is 5.56 Å². The van der Waals surface area contributed by atoms with Crippen LogP contribution in [0.1, 0.15) is 46.6 Å². The monoisotopic (exact) mass is 406 g/mol. The SMILES string of the molecule is CC(C)(C)CC(C)(C)c1ccc(OCC(O)CNc2cncc3ccccc23)cc1. The van der Waals surface area contributed by atoms with Gasteiger partial charge >= 0.3 is 0 Å². The lowest BCUT2D eigenvalue weighted by molar-refractivity contribution is 0.117. The van der Waals surface area contributed by atoms with Gasteiger partial charge in [0.1, 0.15) is 18.5 Å². The summed E-state index contributed by atoms with van der Waals surface area (Å²) in [5.74, 6) is 0.774. The molecule has 0 radical (unpaired) electrons. The molecule has 1 atom stereocenters. The maximum atomic E-state index is 10.3. The van der Waals surface area contributed by atoms with E-state index < -0.39 is 6.10 Å². The van der Waals surface area contributed by atoms with Gasteiger partial charge in [0.25, 0.3) is 0 Å². The highest BCUT2D eigenvalue weighted by molar-refractivity contribution is 5.92. The van der Waals surface area contributed by atoms with Gasteiger partial charge < -0.3 is 15.2 Å². The van der Waals surface area contributed by atoms with Crippen molar-refractivity contribution in [3.05, 3.63) is 66.5 Å². The number of ether oxygens (including phenoxy) is 1. The molecule has 1 unspecified atom stereocenters. The number of aliphatic hydroxyl groups is 1. The first-order valence-corrected chi connectivity index (χ1v) is 10.6. The van der Waals surface area contributed by atoms with Crippen molar-refractivity contribution in [3.8, 4) is 5.75 Å². The van der Waals surface area contributed by atoms with Gasteiger partial charge in [-0.05, 0) is 34.9 Å². The Bertz CT molecular complexity index is 953. The van der Waals surface area contributed by atoms with Gasteiger partial charge in [-0.15, -0.1) is 0 Å². The van der Waals surface area contributed by atoms with Crippen molar-refractivity contribution in [3.63, 3.8) is 0 Å². The third-order valence-electron chi connectivity index (χ3n) is 5.25. The molecule has 4 nitrogen and oxygen atoms in total. The average Bonchev–Trinajstić information content (AvgIpc) is 2.69. The summed E-state index contributed by atoms with van der Waals surface area (Å²) in [5, 5.41) is 15.8. The third kappa shape index (κ3) is 5.96. The number of hydrogen-bond donors (Lipinski definition) is 2. The smallest absolute Gasteiger partial charge is 0.119 e. The van der Waals surface area contributed by atoms with E-state index in [0.29, 0.717) is 6.54 Å². The van der Waals surface area contributed by atoms with E-state index >= 15 is 0 Å². The summed E-state index contributed by atoms with van der Waals surface area (Å²) in [4.78, 5) is 4.26.